The fraction of sp³-hybridized carbons (Fsp3) is 0.167. The second-order valence-electron chi connectivity index (χ2n) is 7.51. The molecule has 3 aromatic heterocycles. The number of hydrogen-bond acceptors (Lipinski definition) is 8. The molecule has 0 aliphatic carbocycles. The monoisotopic (exact) mass is 458 g/mol. The van der Waals surface area contributed by atoms with Gasteiger partial charge in [-0.25, -0.2) is 0 Å². The first-order valence-electron chi connectivity index (χ1n) is 10.3. The van der Waals surface area contributed by atoms with Gasteiger partial charge in [0.25, 0.3) is 0 Å². The summed E-state index contributed by atoms with van der Waals surface area (Å²) in [6.07, 6.45) is 1.72. The molecule has 5 aromatic rings. The summed E-state index contributed by atoms with van der Waals surface area (Å²) in [5.74, 6) is 2.08. The molecule has 0 aliphatic heterocycles. The van der Waals surface area contributed by atoms with Crippen LogP contribution in [0.5, 0.6) is 11.5 Å². The van der Waals surface area contributed by atoms with Crippen LogP contribution in [0.4, 0.5) is 0 Å². The first-order valence-corrected chi connectivity index (χ1v) is 11.1. The van der Waals surface area contributed by atoms with E-state index in [9.17, 15) is 0 Å². The van der Waals surface area contributed by atoms with Crippen molar-refractivity contribution in [2.75, 3.05) is 21.2 Å². The van der Waals surface area contributed by atoms with Gasteiger partial charge in [0.2, 0.25) is 0 Å². The van der Waals surface area contributed by atoms with Crippen LogP contribution in [0.1, 0.15) is 5.82 Å². The van der Waals surface area contributed by atoms with Crippen LogP contribution in [0.3, 0.4) is 0 Å². The van der Waals surface area contributed by atoms with Crippen molar-refractivity contribution < 1.29 is 9.47 Å². The zero-order valence-electron chi connectivity index (χ0n) is 18.5. The molecule has 0 aliphatic rings. The van der Waals surface area contributed by atoms with Gasteiger partial charge in [-0.15, -0.1) is 10.2 Å². The van der Waals surface area contributed by atoms with Gasteiger partial charge in [-0.1, -0.05) is 12.1 Å². The Morgan fingerprint density at radius 3 is 2.61 bits per heavy atom. The van der Waals surface area contributed by atoms with Crippen LogP contribution in [0.2, 0.25) is 0 Å². The van der Waals surface area contributed by atoms with E-state index >= 15 is 0 Å². The summed E-state index contributed by atoms with van der Waals surface area (Å²) < 4.78 is 15.2. The van der Waals surface area contributed by atoms with E-state index in [1.165, 1.54) is 4.90 Å². The molecule has 0 N–H and O–H groups in total. The van der Waals surface area contributed by atoms with Gasteiger partial charge in [-0.2, -0.15) is 9.61 Å². The Hall–Kier alpha value is -3.69. The standard InChI is InChI=1S/C24H22N6O2S/c1-29(2)33-18-7-4-16(5-8-18)20-10-11-23-26-27-24(30(23)28-20)15-32-22-12-13-25-21-14-17(31-3)6-9-19(21)22/h4-14H,15H2,1-3H3. The van der Waals surface area contributed by atoms with E-state index in [1.807, 2.05) is 50.5 Å². The quantitative estimate of drug-likeness (QED) is 0.330. The summed E-state index contributed by atoms with van der Waals surface area (Å²) in [6.45, 7) is 0.223. The molecule has 0 spiro atoms. The minimum absolute atomic E-state index is 0.223. The number of fused-ring (bicyclic) bond motifs is 2. The second kappa shape index (κ2) is 9.05. The zero-order valence-corrected chi connectivity index (χ0v) is 19.3. The maximum atomic E-state index is 6.09. The average molecular weight is 459 g/mol. The maximum absolute atomic E-state index is 6.09. The number of methoxy groups -OCH3 is 1. The van der Waals surface area contributed by atoms with Crippen LogP contribution in [0.25, 0.3) is 27.8 Å². The highest BCUT2D eigenvalue weighted by molar-refractivity contribution is 7.97. The smallest absolute Gasteiger partial charge is 0.192 e. The summed E-state index contributed by atoms with van der Waals surface area (Å²) in [5, 5.41) is 14.2. The normalized spacial score (nSPS) is 11.4. The molecule has 0 fully saturated rings. The van der Waals surface area contributed by atoms with Crippen LogP contribution < -0.4 is 9.47 Å². The van der Waals surface area contributed by atoms with Crippen LogP contribution in [-0.4, -0.2) is 50.3 Å². The number of hydrogen-bond donors (Lipinski definition) is 0. The summed E-state index contributed by atoms with van der Waals surface area (Å²) in [6, 6.07) is 19.7. The second-order valence-corrected chi connectivity index (χ2v) is 8.90. The lowest BCUT2D eigenvalue weighted by molar-refractivity contribution is 0.296. The van der Waals surface area contributed by atoms with Crippen molar-refractivity contribution in [3.8, 4) is 22.8 Å². The third-order valence-corrected chi connectivity index (χ3v) is 5.88. The Morgan fingerprint density at radius 1 is 0.970 bits per heavy atom. The highest BCUT2D eigenvalue weighted by Gasteiger charge is 2.12. The predicted octanol–water partition coefficient (Wildman–Crippen LogP) is 4.50. The molecule has 0 saturated carbocycles. The summed E-state index contributed by atoms with van der Waals surface area (Å²) in [4.78, 5) is 5.57. The lowest BCUT2D eigenvalue weighted by Crippen LogP contribution is -2.05. The number of nitrogens with zero attached hydrogens (tertiary/aromatic N) is 6. The van der Waals surface area contributed by atoms with Crippen molar-refractivity contribution in [3.63, 3.8) is 0 Å². The molecular weight excluding hydrogens is 436 g/mol. The van der Waals surface area contributed by atoms with E-state index in [1.54, 1.807) is 29.8 Å². The summed E-state index contributed by atoms with van der Waals surface area (Å²) >= 11 is 1.68. The van der Waals surface area contributed by atoms with E-state index in [0.29, 0.717) is 17.2 Å². The Kier molecular flexibility index (Phi) is 5.80. The molecule has 166 valence electrons. The fourth-order valence-electron chi connectivity index (χ4n) is 3.47. The molecule has 0 bridgehead atoms. The van der Waals surface area contributed by atoms with Gasteiger partial charge in [0.15, 0.2) is 11.5 Å². The molecule has 8 nitrogen and oxygen atoms in total. The van der Waals surface area contributed by atoms with E-state index < -0.39 is 0 Å². The van der Waals surface area contributed by atoms with Crippen molar-refractivity contribution in [3.05, 3.63) is 72.7 Å². The lowest BCUT2D eigenvalue weighted by Gasteiger charge is -2.10. The molecular formula is C24H22N6O2S. The zero-order chi connectivity index (χ0) is 22.8. The van der Waals surface area contributed by atoms with Crippen molar-refractivity contribution in [1.82, 2.24) is 29.1 Å². The molecule has 0 saturated heterocycles. The van der Waals surface area contributed by atoms with Gasteiger partial charge in [0.05, 0.1) is 18.3 Å². The van der Waals surface area contributed by atoms with E-state index in [2.05, 4.69) is 43.8 Å². The highest BCUT2D eigenvalue weighted by atomic mass is 32.2. The van der Waals surface area contributed by atoms with E-state index in [0.717, 1.165) is 27.9 Å². The van der Waals surface area contributed by atoms with Gasteiger partial charge in [0.1, 0.15) is 18.1 Å². The molecule has 0 atom stereocenters. The fourth-order valence-corrected chi connectivity index (χ4v) is 4.15. The summed E-state index contributed by atoms with van der Waals surface area (Å²) in [5.41, 5.74) is 3.33. The molecule has 2 aromatic carbocycles. The first kappa shape index (κ1) is 21.2. The van der Waals surface area contributed by atoms with Crippen LogP contribution in [0.15, 0.2) is 71.8 Å². The van der Waals surface area contributed by atoms with Crippen LogP contribution >= 0.6 is 11.9 Å². The third kappa shape index (κ3) is 4.46. The highest BCUT2D eigenvalue weighted by Crippen LogP contribution is 2.28. The Morgan fingerprint density at radius 2 is 1.82 bits per heavy atom. The van der Waals surface area contributed by atoms with Crippen molar-refractivity contribution >= 4 is 28.5 Å². The summed E-state index contributed by atoms with van der Waals surface area (Å²) in [7, 11) is 5.68. The van der Waals surface area contributed by atoms with Gasteiger partial charge in [-0.05, 0) is 68.5 Å². The molecule has 0 amide bonds. The molecule has 0 unspecified atom stereocenters. The molecule has 9 heteroatoms. The lowest BCUT2D eigenvalue weighted by atomic mass is 10.1. The van der Waals surface area contributed by atoms with Gasteiger partial charge in [-0.3, -0.25) is 9.29 Å². The van der Waals surface area contributed by atoms with Crippen molar-refractivity contribution in [2.45, 2.75) is 11.5 Å². The van der Waals surface area contributed by atoms with Crippen molar-refractivity contribution in [2.24, 2.45) is 0 Å². The van der Waals surface area contributed by atoms with Crippen LogP contribution in [0, 0.1) is 0 Å². The maximum Gasteiger partial charge on any atom is 0.192 e. The topological polar surface area (TPSA) is 77.7 Å². The molecule has 3 heterocycles. The Bertz CT molecular complexity index is 1420. The Balaban J connectivity index is 1.40. The van der Waals surface area contributed by atoms with Gasteiger partial charge >= 0.3 is 0 Å². The van der Waals surface area contributed by atoms with Gasteiger partial charge < -0.3 is 9.47 Å². The minimum atomic E-state index is 0.223. The minimum Gasteiger partial charge on any atom is -0.497 e. The number of aromatic nitrogens is 5. The number of rotatable bonds is 7. The van der Waals surface area contributed by atoms with Crippen LogP contribution in [-0.2, 0) is 6.61 Å². The average Bonchev–Trinajstić information content (AvgIpc) is 3.24. The first-order chi connectivity index (χ1) is 16.1. The number of ether oxygens (including phenoxy) is 2. The molecule has 33 heavy (non-hydrogen) atoms. The molecule has 5 rings (SSSR count). The SMILES string of the molecule is COc1ccc2c(OCc3nnc4ccc(-c5ccc(SN(C)C)cc5)nn34)ccnc2c1. The molecule has 0 radical (unpaired) electrons. The van der Waals surface area contributed by atoms with E-state index in [4.69, 9.17) is 14.6 Å². The Labute approximate surface area is 195 Å². The predicted molar refractivity (Wildman–Crippen MR) is 128 cm³/mol. The van der Waals surface area contributed by atoms with E-state index in [-0.39, 0.29) is 6.61 Å². The largest absolute Gasteiger partial charge is 0.497 e. The van der Waals surface area contributed by atoms with Crippen molar-refractivity contribution in [1.29, 1.82) is 0 Å². The number of pyridine rings is 1. The number of benzene rings is 2. The third-order valence-electron chi connectivity index (χ3n) is 5.03. The van der Waals surface area contributed by atoms with Gasteiger partial charge in [0, 0.05) is 28.1 Å².